The zero-order valence-electron chi connectivity index (χ0n) is 26.9. The molecule has 0 radical (unpaired) electrons. The van der Waals surface area contributed by atoms with Gasteiger partial charge in [0.2, 0.25) is 5.91 Å². The maximum absolute atomic E-state index is 14.0. The molecule has 3 amide bonds. The fourth-order valence-corrected chi connectivity index (χ4v) is 6.30. The number of benzene rings is 2. The number of carbonyl (C=O) groups is 2. The van der Waals surface area contributed by atoms with Gasteiger partial charge in [0.15, 0.2) is 11.5 Å². The number of thiophene rings is 1. The Kier molecular flexibility index (Phi) is 12.1. The molecule has 1 aliphatic rings. The summed E-state index contributed by atoms with van der Waals surface area (Å²) in [6.07, 6.45) is 2.37. The molecule has 4 rings (SSSR count). The number of nitrogens with zero attached hydrogens (tertiary/aromatic N) is 2. The minimum absolute atomic E-state index is 0.0378. The Bertz CT molecular complexity index is 1340. The van der Waals surface area contributed by atoms with E-state index in [-0.39, 0.29) is 36.4 Å². The van der Waals surface area contributed by atoms with E-state index in [1.807, 2.05) is 40.6 Å². The summed E-state index contributed by atoms with van der Waals surface area (Å²) in [5, 5.41) is 5.24. The molecule has 1 aliphatic heterocycles. The molecule has 2 heterocycles. The molecule has 1 aromatic heterocycles. The molecule has 0 bridgehead atoms. The second-order valence-corrected chi connectivity index (χ2v) is 12.9. The minimum atomic E-state index is -0.278. The average Bonchev–Trinajstić information content (AvgIpc) is 3.73. The SMILES string of the molecule is COc1ccc(CCN(Cc2cccs2)C(=O)CN(CC2CCCO2)C(=O)Nc2c(C(C)C)cccc2C(C)C)cc1OC. The van der Waals surface area contributed by atoms with Crippen molar-refractivity contribution in [2.75, 3.05) is 45.8 Å². The molecule has 0 aliphatic carbocycles. The van der Waals surface area contributed by atoms with Crippen molar-refractivity contribution in [1.29, 1.82) is 0 Å². The maximum Gasteiger partial charge on any atom is 0.322 e. The van der Waals surface area contributed by atoms with Crippen molar-refractivity contribution in [2.24, 2.45) is 0 Å². The number of para-hydroxylation sites is 1. The molecule has 238 valence electrons. The van der Waals surface area contributed by atoms with Gasteiger partial charge in [-0.15, -0.1) is 11.3 Å². The van der Waals surface area contributed by atoms with Crippen LogP contribution in [0, 0.1) is 0 Å². The topological polar surface area (TPSA) is 80.3 Å². The lowest BCUT2D eigenvalue weighted by Crippen LogP contribution is -2.47. The molecule has 1 unspecified atom stereocenters. The van der Waals surface area contributed by atoms with E-state index >= 15 is 0 Å². The molecule has 0 saturated carbocycles. The number of hydrogen-bond donors (Lipinski definition) is 1. The highest BCUT2D eigenvalue weighted by Gasteiger charge is 2.28. The number of hydrogen-bond acceptors (Lipinski definition) is 6. The van der Waals surface area contributed by atoms with E-state index in [0.717, 1.165) is 40.1 Å². The monoisotopic (exact) mass is 621 g/mol. The van der Waals surface area contributed by atoms with E-state index in [0.29, 0.717) is 44.2 Å². The Labute approximate surface area is 266 Å². The number of nitrogens with one attached hydrogen (secondary N) is 1. The van der Waals surface area contributed by atoms with Gasteiger partial charge >= 0.3 is 6.03 Å². The highest BCUT2D eigenvalue weighted by atomic mass is 32.1. The van der Waals surface area contributed by atoms with Gasteiger partial charge in [0.05, 0.1) is 26.9 Å². The van der Waals surface area contributed by atoms with Gasteiger partial charge in [-0.3, -0.25) is 4.79 Å². The van der Waals surface area contributed by atoms with Gasteiger partial charge in [-0.1, -0.05) is 58.0 Å². The van der Waals surface area contributed by atoms with Gasteiger partial charge in [-0.05, 0) is 71.4 Å². The molecule has 3 aromatic rings. The highest BCUT2D eigenvalue weighted by Crippen LogP contribution is 2.33. The second-order valence-electron chi connectivity index (χ2n) is 11.9. The summed E-state index contributed by atoms with van der Waals surface area (Å²) in [4.78, 5) is 32.6. The number of rotatable bonds is 14. The van der Waals surface area contributed by atoms with Crippen molar-refractivity contribution < 1.29 is 23.8 Å². The zero-order valence-corrected chi connectivity index (χ0v) is 27.7. The van der Waals surface area contributed by atoms with Crippen molar-refractivity contribution in [3.8, 4) is 11.5 Å². The Hall–Kier alpha value is -3.56. The van der Waals surface area contributed by atoms with Crippen molar-refractivity contribution in [3.05, 3.63) is 75.5 Å². The van der Waals surface area contributed by atoms with E-state index in [9.17, 15) is 9.59 Å². The summed E-state index contributed by atoms with van der Waals surface area (Å²) in [7, 11) is 3.23. The van der Waals surface area contributed by atoms with Crippen LogP contribution in [0.25, 0.3) is 0 Å². The van der Waals surface area contributed by atoms with Crippen LogP contribution in [0.3, 0.4) is 0 Å². The van der Waals surface area contributed by atoms with Crippen LogP contribution >= 0.6 is 11.3 Å². The number of carbonyl (C=O) groups excluding carboxylic acids is 2. The molecule has 2 aromatic carbocycles. The fraction of sp³-hybridized carbons (Fsp3) is 0.486. The third kappa shape index (κ3) is 8.76. The second kappa shape index (κ2) is 16.0. The summed E-state index contributed by atoms with van der Waals surface area (Å²) in [6, 6.07) is 15.8. The van der Waals surface area contributed by atoms with Crippen molar-refractivity contribution in [2.45, 2.75) is 71.4 Å². The summed E-state index contributed by atoms with van der Waals surface area (Å²) in [5.41, 5.74) is 4.05. The number of amides is 3. The molecular weight excluding hydrogens is 574 g/mol. The minimum Gasteiger partial charge on any atom is -0.493 e. The first-order valence-electron chi connectivity index (χ1n) is 15.5. The van der Waals surface area contributed by atoms with Gasteiger partial charge in [0, 0.05) is 30.3 Å². The van der Waals surface area contributed by atoms with E-state index in [4.69, 9.17) is 14.2 Å². The molecule has 9 heteroatoms. The molecule has 1 atom stereocenters. The lowest BCUT2D eigenvalue weighted by molar-refractivity contribution is -0.132. The molecule has 1 N–H and O–H groups in total. The van der Waals surface area contributed by atoms with Crippen LogP contribution in [0.4, 0.5) is 10.5 Å². The zero-order chi connectivity index (χ0) is 31.6. The van der Waals surface area contributed by atoms with E-state index in [2.05, 4.69) is 51.2 Å². The number of ether oxygens (including phenoxy) is 3. The summed E-state index contributed by atoms with van der Waals surface area (Å²) < 4.78 is 16.8. The first-order chi connectivity index (χ1) is 21.2. The van der Waals surface area contributed by atoms with Gasteiger partial charge in [-0.2, -0.15) is 0 Å². The van der Waals surface area contributed by atoms with E-state index in [1.54, 1.807) is 30.5 Å². The Morgan fingerprint density at radius 3 is 2.30 bits per heavy atom. The quantitative estimate of drug-likeness (QED) is 0.204. The third-order valence-corrected chi connectivity index (χ3v) is 8.93. The van der Waals surface area contributed by atoms with Crippen LogP contribution in [-0.2, 0) is 22.5 Å². The lowest BCUT2D eigenvalue weighted by atomic mass is 9.93. The average molecular weight is 622 g/mol. The smallest absolute Gasteiger partial charge is 0.322 e. The molecule has 1 fully saturated rings. The van der Waals surface area contributed by atoms with Gasteiger partial charge in [0.1, 0.15) is 6.54 Å². The first kappa shape index (κ1) is 33.3. The Morgan fingerprint density at radius 1 is 0.977 bits per heavy atom. The first-order valence-corrected chi connectivity index (χ1v) is 16.4. The third-order valence-electron chi connectivity index (χ3n) is 8.06. The van der Waals surface area contributed by atoms with Crippen molar-refractivity contribution in [3.63, 3.8) is 0 Å². The maximum atomic E-state index is 14.0. The number of anilines is 1. The normalized spacial score (nSPS) is 14.6. The predicted octanol–water partition coefficient (Wildman–Crippen LogP) is 7.30. The molecule has 8 nitrogen and oxygen atoms in total. The number of urea groups is 1. The van der Waals surface area contributed by atoms with Crippen LogP contribution in [0.5, 0.6) is 11.5 Å². The standard InChI is InChI=1S/C35H47N3O5S/c1-24(2)29-12-7-13-30(25(3)4)34(29)36-35(40)38(21-27-10-8-18-43-27)23-33(39)37(22-28-11-9-19-44-28)17-16-26-14-15-31(41-5)32(20-26)42-6/h7,9,11-15,19-20,24-25,27H,8,10,16-18,21-23H2,1-6H3,(H,36,40). The van der Waals surface area contributed by atoms with Gasteiger partial charge < -0.3 is 29.3 Å². The van der Waals surface area contributed by atoms with Crippen molar-refractivity contribution in [1.82, 2.24) is 9.80 Å². The molecule has 44 heavy (non-hydrogen) atoms. The molecule has 0 spiro atoms. The Balaban J connectivity index is 1.56. The van der Waals surface area contributed by atoms with Gasteiger partial charge in [-0.25, -0.2) is 4.79 Å². The lowest BCUT2D eigenvalue weighted by Gasteiger charge is -2.30. The molecular formula is C35H47N3O5S. The summed E-state index contributed by atoms with van der Waals surface area (Å²) in [5.74, 6) is 1.68. The largest absolute Gasteiger partial charge is 0.493 e. The Morgan fingerprint density at radius 2 is 1.70 bits per heavy atom. The summed E-state index contributed by atoms with van der Waals surface area (Å²) in [6.45, 7) is 10.5. The van der Waals surface area contributed by atoms with Crippen LogP contribution < -0.4 is 14.8 Å². The van der Waals surface area contributed by atoms with Crippen LogP contribution in [0.15, 0.2) is 53.9 Å². The predicted molar refractivity (Wildman–Crippen MR) is 177 cm³/mol. The number of methoxy groups -OCH3 is 2. The van der Waals surface area contributed by atoms with E-state index < -0.39 is 0 Å². The summed E-state index contributed by atoms with van der Waals surface area (Å²) >= 11 is 1.62. The van der Waals surface area contributed by atoms with Crippen LogP contribution in [0.1, 0.15) is 73.9 Å². The van der Waals surface area contributed by atoms with Gasteiger partial charge in [0.25, 0.3) is 0 Å². The van der Waals surface area contributed by atoms with E-state index in [1.165, 1.54) is 0 Å². The van der Waals surface area contributed by atoms with Crippen molar-refractivity contribution >= 4 is 29.0 Å². The fourth-order valence-electron chi connectivity index (χ4n) is 5.58. The highest BCUT2D eigenvalue weighted by molar-refractivity contribution is 7.09. The van der Waals surface area contributed by atoms with Crippen LogP contribution in [0.2, 0.25) is 0 Å². The van der Waals surface area contributed by atoms with Crippen LogP contribution in [-0.4, -0.2) is 68.3 Å². The molecule has 1 saturated heterocycles.